The molecule has 0 aliphatic heterocycles. The van der Waals surface area contributed by atoms with Crippen molar-refractivity contribution in [3.63, 3.8) is 0 Å². The fraction of sp³-hybridized carbons (Fsp3) is 0.542. The molecule has 2 amide bonds. The Bertz CT molecular complexity index is 866. The van der Waals surface area contributed by atoms with Crippen LogP contribution in [0, 0.1) is 0 Å². The molecule has 8 nitrogen and oxygen atoms in total. The number of aromatic amines is 1. The molecule has 2 rings (SSSR count). The van der Waals surface area contributed by atoms with Crippen LogP contribution in [0.3, 0.4) is 0 Å². The number of carbonyl (C=O) groups is 2. The number of nitrogens with one attached hydrogen (secondary N) is 3. The van der Waals surface area contributed by atoms with E-state index in [0.29, 0.717) is 18.8 Å². The van der Waals surface area contributed by atoms with Crippen LogP contribution in [0.15, 0.2) is 36.5 Å². The van der Waals surface area contributed by atoms with Gasteiger partial charge < -0.3 is 25.1 Å². The average Bonchev–Trinajstić information content (AvgIpc) is 3.15. The molecular formula is C24H36N4O4. The predicted octanol–water partition coefficient (Wildman–Crippen LogP) is 5.34. The Hall–Kier alpha value is -3.03. The van der Waals surface area contributed by atoms with E-state index in [1.54, 1.807) is 0 Å². The largest absolute Gasteiger partial charge is 0.444 e. The zero-order valence-corrected chi connectivity index (χ0v) is 20.0. The second-order valence-electron chi connectivity index (χ2n) is 9.66. The zero-order chi connectivity index (χ0) is 23.8. The van der Waals surface area contributed by atoms with E-state index in [-0.39, 0.29) is 6.04 Å². The second kappa shape index (κ2) is 11.0. The van der Waals surface area contributed by atoms with Gasteiger partial charge in [0.05, 0.1) is 11.7 Å². The van der Waals surface area contributed by atoms with E-state index < -0.39 is 23.4 Å². The molecule has 0 fully saturated rings. The smallest absolute Gasteiger partial charge is 0.408 e. The lowest BCUT2D eigenvalue weighted by molar-refractivity contribution is 0.0497. The summed E-state index contributed by atoms with van der Waals surface area (Å²) in [5.41, 5.74) is 0.683. The summed E-state index contributed by atoms with van der Waals surface area (Å²) in [4.78, 5) is 32.0. The number of ether oxygens (including phenoxy) is 2. The summed E-state index contributed by atoms with van der Waals surface area (Å²) in [6.07, 6.45) is 3.04. The Kier molecular flexibility index (Phi) is 8.69. The molecule has 0 bridgehead atoms. The summed E-state index contributed by atoms with van der Waals surface area (Å²) in [6.45, 7) is 11.4. The van der Waals surface area contributed by atoms with Crippen LogP contribution >= 0.6 is 0 Å². The number of nitrogens with zero attached hydrogens (tertiary/aromatic N) is 1. The van der Waals surface area contributed by atoms with E-state index in [1.807, 2.05) is 78.1 Å². The zero-order valence-electron chi connectivity index (χ0n) is 20.0. The summed E-state index contributed by atoms with van der Waals surface area (Å²) in [6, 6.07) is 9.49. The van der Waals surface area contributed by atoms with Crippen molar-refractivity contribution in [2.24, 2.45) is 0 Å². The highest BCUT2D eigenvalue weighted by atomic mass is 16.6. The lowest BCUT2D eigenvalue weighted by Gasteiger charge is -2.23. The molecule has 0 aliphatic carbocycles. The number of hydrogen-bond acceptors (Lipinski definition) is 5. The fourth-order valence-corrected chi connectivity index (χ4v) is 2.98. The number of amides is 2. The maximum atomic E-state index is 12.4. The van der Waals surface area contributed by atoms with E-state index >= 15 is 0 Å². The predicted molar refractivity (Wildman–Crippen MR) is 124 cm³/mol. The maximum absolute atomic E-state index is 12.4. The van der Waals surface area contributed by atoms with Gasteiger partial charge in [-0.05, 0) is 60.8 Å². The molecule has 1 aromatic carbocycles. The van der Waals surface area contributed by atoms with Crippen LogP contribution in [-0.4, -0.2) is 39.9 Å². The lowest BCUT2D eigenvalue weighted by atomic mass is 10.1. The van der Waals surface area contributed by atoms with E-state index in [9.17, 15) is 9.59 Å². The van der Waals surface area contributed by atoms with Gasteiger partial charge in [-0.15, -0.1) is 0 Å². The number of benzene rings is 1. The molecule has 1 atom stereocenters. The highest BCUT2D eigenvalue weighted by Gasteiger charge is 2.23. The molecule has 0 saturated carbocycles. The normalized spacial score (nSPS) is 12.7. The number of carbonyl (C=O) groups excluding carboxylic acids is 2. The molecular weight excluding hydrogens is 408 g/mol. The van der Waals surface area contributed by atoms with Crippen LogP contribution in [0.5, 0.6) is 0 Å². The molecule has 176 valence electrons. The second-order valence-corrected chi connectivity index (χ2v) is 9.66. The quantitative estimate of drug-likeness (QED) is 0.477. The minimum absolute atomic E-state index is 0.344. The molecule has 0 radical (unpaired) electrons. The SMILES string of the molecule is CC(C)(C)OC(=O)NCCCCC(NC(=O)OC(C)(C)C)c1nc(-c2ccccc2)c[nH]1. The Morgan fingerprint density at radius 3 is 2.22 bits per heavy atom. The van der Waals surface area contributed by atoms with Gasteiger partial charge in [0.25, 0.3) is 0 Å². The van der Waals surface area contributed by atoms with E-state index in [1.165, 1.54) is 0 Å². The molecule has 0 spiro atoms. The molecule has 0 saturated heterocycles. The van der Waals surface area contributed by atoms with Gasteiger partial charge in [0, 0.05) is 18.3 Å². The van der Waals surface area contributed by atoms with Crippen LogP contribution in [0.4, 0.5) is 9.59 Å². The maximum Gasteiger partial charge on any atom is 0.408 e. The third-order valence-electron chi connectivity index (χ3n) is 4.28. The van der Waals surface area contributed by atoms with Gasteiger partial charge in [0.15, 0.2) is 0 Å². The van der Waals surface area contributed by atoms with Gasteiger partial charge in [-0.2, -0.15) is 0 Å². The van der Waals surface area contributed by atoms with Crippen molar-refractivity contribution in [1.82, 2.24) is 20.6 Å². The number of unbranched alkanes of at least 4 members (excludes halogenated alkanes) is 1. The van der Waals surface area contributed by atoms with Crippen LogP contribution in [0.25, 0.3) is 11.3 Å². The third kappa shape index (κ3) is 9.41. The van der Waals surface area contributed by atoms with Gasteiger partial charge in [-0.1, -0.05) is 30.3 Å². The van der Waals surface area contributed by atoms with Crippen LogP contribution in [-0.2, 0) is 9.47 Å². The first-order valence-corrected chi connectivity index (χ1v) is 11.0. The molecule has 0 aliphatic rings. The Morgan fingerprint density at radius 2 is 1.59 bits per heavy atom. The van der Waals surface area contributed by atoms with Gasteiger partial charge in [0.1, 0.15) is 17.0 Å². The van der Waals surface area contributed by atoms with Gasteiger partial charge in [0.2, 0.25) is 0 Å². The topological polar surface area (TPSA) is 105 Å². The summed E-state index contributed by atoms with van der Waals surface area (Å²) in [7, 11) is 0. The van der Waals surface area contributed by atoms with Crippen molar-refractivity contribution >= 4 is 12.2 Å². The number of H-pyrrole nitrogens is 1. The minimum Gasteiger partial charge on any atom is -0.444 e. The summed E-state index contributed by atoms with van der Waals surface area (Å²) in [5, 5.41) is 5.67. The summed E-state index contributed by atoms with van der Waals surface area (Å²) < 4.78 is 10.7. The first-order chi connectivity index (χ1) is 14.9. The first kappa shape index (κ1) is 25.2. The number of alkyl carbamates (subject to hydrolysis) is 2. The van der Waals surface area contributed by atoms with Crippen molar-refractivity contribution in [1.29, 1.82) is 0 Å². The molecule has 3 N–H and O–H groups in total. The van der Waals surface area contributed by atoms with Crippen molar-refractivity contribution in [2.75, 3.05) is 6.54 Å². The van der Waals surface area contributed by atoms with Gasteiger partial charge in [-0.3, -0.25) is 0 Å². The average molecular weight is 445 g/mol. The minimum atomic E-state index is -0.593. The molecule has 2 aromatic rings. The standard InChI is InChI=1S/C24H36N4O4/c1-23(2,3)31-21(29)25-15-11-10-14-18(28-22(30)32-24(4,5)6)20-26-16-19(27-20)17-12-8-7-9-13-17/h7-9,12-13,16,18H,10-11,14-15H2,1-6H3,(H,25,29)(H,26,27)(H,28,30). The van der Waals surface area contributed by atoms with Crippen molar-refractivity contribution < 1.29 is 19.1 Å². The van der Waals surface area contributed by atoms with Crippen molar-refractivity contribution in [3.05, 3.63) is 42.4 Å². The molecule has 1 heterocycles. The van der Waals surface area contributed by atoms with Crippen molar-refractivity contribution in [3.8, 4) is 11.3 Å². The number of imidazole rings is 1. The monoisotopic (exact) mass is 444 g/mol. The molecule has 8 heteroatoms. The Morgan fingerprint density at radius 1 is 0.969 bits per heavy atom. The number of rotatable bonds is 8. The molecule has 1 aromatic heterocycles. The van der Waals surface area contributed by atoms with Crippen LogP contribution < -0.4 is 10.6 Å². The highest BCUT2D eigenvalue weighted by molar-refractivity contribution is 5.68. The van der Waals surface area contributed by atoms with Gasteiger partial charge >= 0.3 is 12.2 Å². The number of hydrogen-bond donors (Lipinski definition) is 3. The van der Waals surface area contributed by atoms with E-state index in [4.69, 9.17) is 9.47 Å². The third-order valence-corrected chi connectivity index (χ3v) is 4.28. The van der Waals surface area contributed by atoms with E-state index in [2.05, 4.69) is 20.6 Å². The highest BCUT2D eigenvalue weighted by Crippen LogP contribution is 2.22. The molecule has 32 heavy (non-hydrogen) atoms. The van der Waals surface area contributed by atoms with E-state index in [0.717, 1.165) is 24.1 Å². The molecule has 1 unspecified atom stereocenters. The first-order valence-electron chi connectivity index (χ1n) is 11.0. The summed E-state index contributed by atoms with van der Waals surface area (Å²) in [5.74, 6) is 0.662. The van der Waals surface area contributed by atoms with Crippen molar-refractivity contribution in [2.45, 2.75) is 78.0 Å². The Balaban J connectivity index is 1.97. The van der Waals surface area contributed by atoms with Crippen LogP contribution in [0.1, 0.15) is 72.7 Å². The van der Waals surface area contributed by atoms with Gasteiger partial charge in [-0.25, -0.2) is 14.6 Å². The number of aromatic nitrogens is 2. The van der Waals surface area contributed by atoms with Crippen LogP contribution in [0.2, 0.25) is 0 Å². The summed E-state index contributed by atoms with van der Waals surface area (Å²) >= 11 is 0. The fourth-order valence-electron chi connectivity index (χ4n) is 2.98. The lowest BCUT2D eigenvalue weighted by Crippen LogP contribution is -2.35. The Labute approximate surface area is 190 Å².